The number of sulfonamides is 1. The van der Waals surface area contributed by atoms with Crippen LogP contribution in [0.4, 0.5) is 20.6 Å². The molecule has 5 atom stereocenters. The van der Waals surface area contributed by atoms with E-state index < -0.39 is 84.9 Å². The number of carbonyl (C=O) groups is 4. The van der Waals surface area contributed by atoms with Gasteiger partial charge in [-0.25, -0.2) is 17.6 Å². The van der Waals surface area contributed by atoms with E-state index in [2.05, 4.69) is 15.4 Å². The summed E-state index contributed by atoms with van der Waals surface area (Å²) < 4.78 is 48.5. The summed E-state index contributed by atoms with van der Waals surface area (Å²) in [6.07, 6.45) is 8.54. The molecule has 1 unspecified atom stereocenters. The molecule has 57 heavy (non-hydrogen) atoms. The van der Waals surface area contributed by atoms with E-state index in [1.54, 1.807) is 19.1 Å². The fourth-order valence-electron chi connectivity index (χ4n) is 9.06. The van der Waals surface area contributed by atoms with Crippen molar-refractivity contribution in [1.29, 1.82) is 0 Å². The van der Waals surface area contributed by atoms with E-state index in [-0.39, 0.29) is 50.3 Å². The Morgan fingerprint density at radius 1 is 0.965 bits per heavy atom. The Labute approximate surface area is 330 Å². The van der Waals surface area contributed by atoms with Crippen molar-refractivity contribution >= 4 is 45.2 Å². The highest BCUT2D eigenvalue weighted by Crippen LogP contribution is 2.58. The molecule has 4 amide bonds. The molecule has 3 N–H and O–H groups in total. The number of amides is 4. The number of nitrogens with one attached hydrogen (secondary N) is 3. The molecule has 0 spiro atoms. The zero-order valence-corrected chi connectivity index (χ0v) is 32.8. The first-order chi connectivity index (χ1) is 27.2. The molecule has 6 aliphatic rings. The Morgan fingerprint density at radius 3 is 2.46 bits per heavy atom. The molecule has 2 aliphatic carbocycles. The quantitative estimate of drug-likeness (QED) is 0.276. The molecule has 2 aromatic rings. The normalized spacial score (nSPS) is 30.0. The van der Waals surface area contributed by atoms with Gasteiger partial charge in [-0.05, 0) is 69.4 Å². The Kier molecular flexibility index (Phi) is 10.2. The highest BCUT2D eigenvalue weighted by atomic mass is 32.2. The molecular formula is C40H49FN6O9S. The van der Waals surface area contributed by atoms with E-state index in [1.807, 2.05) is 17.1 Å². The third-order valence-corrected chi connectivity index (χ3v) is 14.5. The summed E-state index contributed by atoms with van der Waals surface area (Å²) in [5, 5.41) is 5.28. The number of piperidine rings is 1. The number of fused-ring (bicyclic) bond motifs is 3. The van der Waals surface area contributed by atoms with Crippen molar-refractivity contribution in [3.05, 3.63) is 67.7 Å². The number of halogens is 1. The van der Waals surface area contributed by atoms with Gasteiger partial charge in [-0.15, -0.1) is 0 Å². The fraction of sp³-hybridized carbons (Fsp3) is 0.600. The molecule has 2 aromatic carbocycles. The maximum Gasteiger partial charge on any atom is 0.410 e. The van der Waals surface area contributed by atoms with Gasteiger partial charge in [-0.1, -0.05) is 44.1 Å². The molecule has 15 nitrogen and oxygen atoms in total. The van der Waals surface area contributed by atoms with Crippen LogP contribution in [0.1, 0.15) is 95.1 Å². The summed E-state index contributed by atoms with van der Waals surface area (Å²) in [6.45, 7) is 2.89. The summed E-state index contributed by atoms with van der Waals surface area (Å²) in [5.74, 6) is -2.58. The molecule has 2 saturated heterocycles. The third-order valence-electron chi connectivity index (χ3n) is 12.7. The second-order valence-electron chi connectivity index (χ2n) is 16.8. The first kappa shape index (κ1) is 39.0. The van der Waals surface area contributed by atoms with Crippen molar-refractivity contribution in [3.63, 3.8) is 0 Å². The average molecular weight is 809 g/mol. The number of carbonyl (C=O) groups excluding carboxylic acids is 4. The van der Waals surface area contributed by atoms with Crippen molar-refractivity contribution < 1.29 is 36.7 Å². The lowest BCUT2D eigenvalue weighted by Gasteiger charge is -2.33. The maximum atomic E-state index is 14.8. The van der Waals surface area contributed by atoms with Crippen LogP contribution in [0.2, 0.25) is 0 Å². The van der Waals surface area contributed by atoms with Crippen LogP contribution in [0.5, 0.6) is 0 Å². The predicted octanol–water partition coefficient (Wildman–Crippen LogP) is 2.71. The van der Waals surface area contributed by atoms with Crippen LogP contribution < -0.4 is 31.1 Å². The van der Waals surface area contributed by atoms with Crippen LogP contribution >= 0.6 is 0 Å². The van der Waals surface area contributed by atoms with Crippen LogP contribution in [0.25, 0.3) is 0 Å². The average Bonchev–Trinajstić information content (AvgIpc) is 4.03. The summed E-state index contributed by atoms with van der Waals surface area (Å²) in [7, 11) is -3.97. The minimum absolute atomic E-state index is 0.0131. The van der Waals surface area contributed by atoms with Gasteiger partial charge in [0.15, 0.2) is 0 Å². The van der Waals surface area contributed by atoms with E-state index in [9.17, 15) is 41.6 Å². The van der Waals surface area contributed by atoms with Crippen molar-refractivity contribution in [1.82, 2.24) is 19.8 Å². The van der Waals surface area contributed by atoms with E-state index in [4.69, 9.17) is 4.74 Å². The number of allylic oxidation sites excluding steroid dienone is 1. The summed E-state index contributed by atoms with van der Waals surface area (Å²) in [6, 6.07) is 2.33. The van der Waals surface area contributed by atoms with Crippen molar-refractivity contribution in [2.75, 3.05) is 29.9 Å². The van der Waals surface area contributed by atoms with E-state index in [0.29, 0.717) is 56.3 Å². The summed E-state index contributed by atoms with van der Waals surface area (Å²) >= 11 is 0. The summed E-state index contributed by atoms with van der Waals surface area (Å²) in [4.78, 5) is 87.1. The molecule has 0 bridgehead atoms. The van der Waals surface area contributed by atoms with Crippen LogP contribution in [0, 0.1) is 11.2 Å². The molecule has 8 rings (SSSR count). The van der Waals surface area contributed by atoms with Gasteiger partial charge in [0.05, 0.1) is 18.3 Å². The largest absolute Gasteiger partial charge is 0.444 e. The number of anilines is 2. The second-order valence-corrected chi connectivity index (χ2v) is 18.8. The third kappa shape index (κ3) is 7.31. The lowest BCUT2D eigenvalue weighted by atomic mass is 9.99. The standard InChI is InChI=1S/C40H49FN6O9S/c1-39-16-7-4-2-3-6-13-29(42-31-32(34(49)33(31)48)45-17-8-5-9-18-45)36(51)47-21-25(56-38(53)46-20-24-11-10-12-28(41)27(24)22-46)19-30(47)35(50)43-40(39,23-39)37(52)44-57(54,55)26-14-15-26/h7,10-12,16,25-26,29-30,42H,2-6,8-9,13-15,17-23H2,1H3,(H,43,50)(H,44,52)/b16-7-/t25-,29+,30+,39?,40+/m1/s1. The molecule has 306 valence electrons. The SMILES string of the molecule is CC12/C=C\CCCCC[C@H](Nc3c(N4CCCCC4)c(=O)c3=O)C(=O)N3C[C@H](OC(=O)N4Cc5cccc(F)c5C4)C[C@H]3C(=O)N[C@]1(C(=O)NS(=O)(=O)C1CC1)C2. The Hall–Kier alpha value is -4.80. The monoisotopic (exact) mass is 808 g/mol. The van der Waals surface area contributed by atoms with Crippen molar-refractivity contribution in [3.8, 4) is 0 Å². The van der Waals surface area contributed by atoms with Gasteiger partial charge >= 0.3 is 6.09 Å². The van der Waals surface area contributed by atoms with Crippen LogP contribution in [-0.2, 0) is 42.2 Å². The van der Waals surface area contributed by atoms with Gasteiger partial charge in [-0.2, -0.15) is 0 Å². The molecule has 4 fully saturated rings. The van der Waals surface area contributed by atoms with Crippen LogP contribution in [0.15, 0.2) is 39.9 Å². The minimum Gasteiger partial charge on any atom is -0.444 e. The molecule has 4 heterocycles. The number of benzene rings is 1. The van der Waals surface area contributed by atoms with Crippen LogP contribution in [-0.4, -0.2) is 90.6 Å². The van der Waals surface area contributed by atoms with Gasteiger partial charge in [0, 0.05) is 37.0 Å². The molecular weight excluding hydrogens is 760 g/mol. The van der Waals surface area contributed by atoms with Gasteiger partial charge < -0.3 is 25.2 Å². The summed E-state index contributed by atoms with van der Waals surface area (Å²) in [5.41, 5.74) is -2.51. The first-order valence-corrected chi connectivity index (χ1v) is 21.7. The van der Waals surface area contributed by atoms with Crippen molar-refractivity contribution in [2.45, 2.75) is 126 Å². The molecule has 0 aromatic heterocycles. The lowest BCUT2D eigenvalue weighted by Crippen LogP contribution is -2.58. The lowest BCUT2D eigenvalue weighted by molar-refractivity contribution is -0.140. The highest BCUT2D eigenvalue weighted by molar-refractivity contribution is 7.91. The zero-order chi connectivity index (χ0) is 40.3. The Bertz CT molecular complexity index is 2200. The van der Waals surface area contributed by atoms with Gasteiger partial charge in [0.2, 0.25) is 21.8 Å². The number of hydrogen-bond acceptors (Lipinski definition) is 11. The molecule has 0 radical (unpaired) electrons. The van der Waals surface area contributed by atoms with Gasteiger partial charge in [0.1, 0.15) is 40.9 Å². The smallest absolute Gasteiger partial charge is 0.410 e. The van der Waals surface area contributed by atoms with Crippen molar-refractivity contribution in [2.24, 2.45) is 5.41 Å². The number of nitrogens with zero attached hydrogens (tertiary/aromatic N) is 3. The Balaban J connectivity index is 1.09. The second kappa shape index (κ2) is 14.9. The highest BCUT2D eigenvalue weighted by Gasteiger charge is 2.70. The minimum atomic E-state index is -3.97. The molecule has 4 aliphatic heterocycles. The molecule has 2 saturated carbocycles. The number of ether oxygens (including phenoxy) is 1. The van der Waals surface area contributed by atoms with Gasteiger partial charge in [-0.3, -0.25) is 33.6 Å². The van der Waals surface area contributed by atoms with E-state index in [0.717, 1.165) is 25.7 Å². The number of rotatable bonds is 7. The van der Waals surface area contributed by atoms with Crippen LogP contribution in [0.3, 0.4) is 0 Å². The Morgan fingerprint density at radius 2 is 1.72 bits per heavy atom. The van der Waals surface area contributed by atoms with E-state index >= 15 is 0 Å². The predicted molar refractivity (Wildman–Crippen MR) is 207 cm³/mol. The molecule has 17 heteroatoms. The first-order valence-electron chi connectivity index (χ1n) is 20.1. The van der Waals surface area contributed by atoms with Gasteiger partial charge in [0.25, 0.3) is 16.8 Å². The zero-order valence-electron chi connectivity index (χ0n) is 32.0. The van der Waals surface area contributed by atoms with E-state index in [1.165, 1.54) is 15.9 Å². The maximum absolute atomic E-state index is 14.8. The fourth-order valence-corrected chi connectivity index (χ4v) is 10.4. The number of hydrogen-bond donors (Lipinski definition) is 3. The topological polar surface area (TPSA) is 192 Å².